The van der Waals surface area contributed by atoms with E-state index >= 15 is 0 Å². The van der Waals surface area contributed by atoms with E-state index in [1.54, 1.807) is 20.8 Å². The van der Waals surface area contributed by atoms with E-state index < -0.39 is 68.4 Å². The molecule has 7 rings (SSSR count). The topological polar surface area (TPSA) is 189 Å². The second-order valence-electron chi connectivity index (χ2n) is 14.9. The monoisotopic (exact) mass is 765 g/mol. The molecule has 5 amide bonds. The summed E-state index contributed by atoms with van der Waals surface area (Å²) < 4.78 is 39.8. The highest BCUT2D eigenvalue weighted by atomic mass is 32.2. The Labute approximate surface area is 311 Å². The van der Waals surface area contributed by atoms with Crippen molar-refractivity contribution in [3.05, 3.63) is 53.9 Å². The van der Waals surface area contributed by atoms with Gasteiger partial charge in [0.15, 0.2) is 0 Å². The smallest absolute Gasteiger partial charge is 0.426 e. The predicted octanol–water partition coefficient (Wildman–Crippen LogP) is 4.27. The lowest BCUT2D eigenvalue weighted by Gasteiger charge is -2.32. The molecule has 3 aromatic rings. The normalized spacial score (nSPS) is 25.8. The number of para-hydroxylation sites is 2. The third-order valence-corrected chi connectivity index (χ3v) is 12.3. The number of carbonyl (C=O) groups excluding carboxylic acids is 4. The maximum Gasteiger partial charge on any atom is 0.426 e. The number of hydrogen-bond acceptors (Lipinski definition) is 11. The number of nitrogens with one attached hydrogen (secondary N) is 3. The first-order valence-electron chi connectivity index (χ1n) is 17.8. The number of nitrogens with zero attached hydrogens (tertiary/aromatic N) is 4. The fraction of sp³-hybridized carbons (Fsp3) is 0.500. The molecule has 0 radical (unpaired) electrons. The zero-order chi connectivity index (χ0) is 37.5. The maximum absolute atomic E-state index is 14.4. The lowest BCUT2D eigenvalue weighted by atomic mass is 10.1. The van der Waals surface area contributed by atoms with E-state index in [9.17, 15) is 27.6 Å². The second-order valence-corrected chi connectivity index (χ2v) is 17.8. The third-order valence-electron chi connectivity index (χ3n) is 9.57. The van der Waals surface area contributed by atoms with E-state index in [1.807, 2.05) is 53.9 Å². The van der Waals surface area contributed by atoms with Crippen LogP contribution in [0, 0.1) is 5.92 Å². The number of carbonyl (C=O) groups is 4. The summed E-state index contributed by atoms with van der Waals surface area (Å²) in [6.07, 6.45) is 5.03. The quantitative estimate of drug-likeness (QED) is 0.293. The highest BCUT2D eigenvalue weighted by Crippen LogP contribution is 2.46. The number of sulfonamides is 1. The number of amides is 5. The number of allylic oxidation sites excluding steroid dienone is 1. The van der Waals surface area contributed by atoms with Crippen LogP contribution in [0.3, 0.4) is 0 Å². The molecule has 4 heterocycles. The highest BCUT2D eigenvalue weighted by molar-refractivity contribution is 7.91. The van der Waals surface area contributed by atoms with Crippen LogP contribution < -0.4 is 20.2 Å². The number of hydrogen-bond donors (Lipinski definition) is 3. The van der Waals surface area contributed by atoms with Gasteiger partial charge in [-0.05, 0) is 82.9 Å². The van der Waals surface area contributed by atoms with Crippen molar-refractivity contribution < 1.29 is 37.1 Å². The van der Waals surface area contributed by atoms with E-state index in [2.05, 4.69) is 15.5 Å². The van der Waals surface area contributed by atoms with Crippen molar-refractivity contribution in [2.45, 2.75) is 94.3 Å². The van der Waals surface area contributed by atoms with Crippen LogP contribution in [0.5, 0.6) is 5.88 Å². The van der Waals surface area contributed by atoms with Gasteiger partial charge < -0.3 is 19.7 Å². The summed E-state index contributed by atoms with van der Waals surface area (Å²) in [6, 6.07) is 9.34. The fourth-order valence-electron chi connectivity index (χ4n) is 6.67. The van der Waals surface area contributed by atoms with Crippen LogP contribution in [0.2, 0.25) is 0 Å². The van der Waals surface area contributed by atoms with Gasteiger partial charge in [0.1, 0.15) is 29.0 Å². The predicted molar refractivity (Wildman–Crippen MR) is 196 cm³/mol. The van der Waals surface area contributed by atoms with Crippen LogP contribution in [-0.4, -0.2) is 93.9 Å². The molecule has 2 saturated carbocycles. The average molecular weight is 766 g/mol. The molecule has 3 fully saturated rings. The summed E-state index contributed by atoms with van der Waals surface area (Å²) in [5.41, 5.74) is 2.00. The molecular weight excluding hydrogens is 723 g/mol. The van der Waals surface area contributed by atoms with Crippen molar-refractivity contribution in [3.8, 4) is 16.5 Å². The van der Waals surface area contributed by atoms with Gasteiger partial charge in [-0.1, -0.05) is 30.4 Å². The van der Waals surface area contributed by atoms with Crippen LogP contribution in [0.15, 0.2) is 53.9 Å². The first-order valence-corrected chi connectivity index (χ1v) is 20.2. The molecule has 0 unspecified atom stereocenters. The van der Waals surface area contributed by atoms with E-state index in [4.69, 9.17) is 19.4 Å². The Hall–Kier alpha value is -4.77. The summed E-state index contributed by atoms with van der Waals surface area (Å²) in [7, 11) is -3.90. The first kappa shape index (κ1) is 36.6. The van der Waals surface area contributed by atoms with Gasteiger partial charge in [-0.25, -0.2) is 38.4 Å². The van der Waals surface area contributed by atoms with E-state index in [-0.39, 0.29) is 31.8 Å². The van der Waals surface area contributed by atoms with Crippen LogP contribution in [0.4, 0.5) is 9.59 Å². The summed E-state index contributed by atoms with van der Waals surface area (Å²) in [5, 5.41) is 5.28. The lowest BCUT2D eigenvalue weighted by Crippen LogP contribution is -2.59. The summed E-state index contributed by atoms with van der Waals surface area (Å²) >= 11 is 1.47. The van der Waals surface area contributed by atoms with Crippen molar-refractivity contribution in [2.75, 3.05) is 13.1 Å². The Morgan fingerprint density at radius 3 is 2.51 bits per heavy atom. The van der Waals surface area contributed by atoms with Gasteiger partial charge in [-0.3, -0.25) is 14.3 Å². The van der Waals surface area contributed by atoms with Crippen molar-refractivity contribution in [2.24, 2.45) is 5.92 Å². The molecule has 53 heavy (non-hydrogen) atoms. The highest BCUT2D eigenvalue weighted by Gasteiger charge is 2.62. The standard InChI is InChI=1S/C36H43N7O8S2/c1-35(2,3)51-33(46)40-43-17-9-5-4-6-11-22-20-36(22,32(45)41-53(48,49)24-15-16-24)39-30(44)27-19-23(21-42(27)34(43)47)50-31-29(28-14-10-18-52-28)37-25-12-7-8-13-26(25)38-31/h6-8,10-14,18,22-24,27H,4-5,9,15-17,19-21H2,1-3H3,(H,39,44)(H,40,46)(H,41,45)/b11-6-/t22-,23-,27+,36-/m1/s1. The average Bonchev–Trinajstić information content (AvgIpc) is 3.96. The van der Waals surface area contributed by atoms with Gasteiger partial charge in [0.2, 0.25) is 21.8 Å². The number of hydrazine groups is 1. The molecule has 1 saturated heterocycles. The van der Waals surface area contributed by atoms with Crippen LogP contribution >= 0.6 is 11.3 Å². The zero-order valence-electron chi connectivity index (χ0n) is 29.7. The van der Waals surface area contributed by atoms with Crippen LogP contribution in [-0.2, 0) is 24.3 Å². The first-order chi connectivity index (χ1) is 25.2. The number of fused-ring (bicyclic) bond motifs is 3. The van der Waals surface area contributed by atoms with Crippen molar-refractivity contribution in [3.63, 3.8) is 0 Å². The molecule has 4 atom stereocenters. The van der Waals surface area contributed by atoms with Gasteiger partial charge in [0.25, 0.3) is 5.91 Å². The van der Waals surface area contributed by atoms with E-state index in [1.165, 1.54) is 16.2 Å². The van der Waals surface area contributed by atoms with Gasteiger partial charge in [0.05, 0.1) is 27.7 Å². The number of benzene rings is 1. The Kier molecular flexibility index (Phi) is 9.82. The molecule has 4 aliphatic rings. The molecule has 2 aliphatic carbocycles. The van der Waals surface area contributed by atoms with E-state index in [0.717, 1.165) is 9.89 Å². The van der Waals surface area contributed by atoms with Gasteiger partial charge in [0, 0.05) is 18.9 Å². The Balaban J connectivity index is 1.21. The Morgan fingerprint density at radius 2 is 1.81 bits per heavy atom. The molecular formula is C36H43N7O8S2. The van der Waals surface area contributed by atoms with Crippen LogP contribution in [0.1, 0.15) is 65.7 Å². The zero-order valence-corrected chi connectivity index (χ0v) is 31.4. The molecule has 0 spiro atoms. The van der Waals surface area contributed by atoms with Gasteiger partial charge in [-0.15, -0.1) is 11.3 Å². The number of thiophene rings is 1. The minimum atomic E-state index is -3.90. The fourth-order valence-corrected chi connectivity index (χ4v) is 8.73. The largest absolute Gasteiger partial charge is 0.471 e. The van der Waals surface area contributed by atoms with Gasteiger partial charge in [-0.2, -0.15) is 0 Å². The molecule has 282 valence electrons. The minimum Gasteiger partial charge on any atom is -0.471 e. The van der Waals surface area contributed by atoms with Crippen molar-refractivity contribution in [1.29, 1.82) is 0 Å². The van der Waals surface area contributed by atoms with Crippen molar-refractivity contribution >= 4 is 56.3 Å². The summed E-state index contributed by atoms with van der Waals surface area (Å²) in [5.74, 6) is -1.67. The number of ether oxygens (including phenoxy) is 2. The minimum absolute atomic E-state index is 0.00875. The Bertz CT molecular complexity index is 2050. The van der Waals surface area contributed by atoms with E-state index in [0.29, 0.717) is 48.8 Å². The molecule has 1 aromatic carbocycles. The Morgan fingerprint density at radius 1 is 1.06 bits per heavy atom. The lowest BCUT2D eigenvalue weighted by molar-refractivity contribution is -0.131. The molecule has 2 aromatic heterocycles. The molecule has 17 heteroatoms. The SMILES string of the molecule is CC(C)(C)OC(=O)NN1CCCC/C=C\[C@@H]2C[C@@]2(C(=O)NS(=O)(=O)C2CC2)NC(=O)[C@@H]2C[C@@H](Oc3nc4ccccc4nc3-c3cccs3)CN2C1=O. The van der Waals surface area contributed by atoms with Crippen molar-refractivity contribution in [1.82, 2.24) is 35.3 Å². The number of rotatable bonds is 7. The molecule has 0 bridgehead atoms. The maximum atomic E-state index is 14.4. The van der Waals surface area contributed by atoms with Crippen LogP contribution in [0.25, 0.3) is 21.6 Å². The summed E-state index contributed by atoms with van der Waals surface area (Å²) in [4.78, 5) is 67.1. The second kappa shape index (κ2) is 14.2. The number of aromatic nitrogens is 2. The molecule has 15 nitrogen and oxygen atoms in total. The molecule has 2 aliphatic heterocycles. The van der Waals surface area contributed by atoms with Gasteiger partial charge >= 0.3 is 12.1 Å². The number of urea groups is 1. The third kappa shape index (κ3) is 8.10. The molecule has 3 N–H and O–H groups in total. The summed E-state index contributed by atoms with van der Waals surface area (Å²) in [6.45, 7) is 5.19.